The third kappa shape index (κ3) is 1.75. The highest BCUT2D eigenvalue weighted by Crippen LogP contribution is 2.73. The molecular formula is C22H30O3. The van der Waals surface area contributed by atoms with E-state index in [0.29, 0.717) is 18.1 Å². The van der Waals surface area contributed by atoms with E-state index in [1.54, 1.807) is 0 Å². The van der Waals surface area contributed by atoms with E-state index in [-0.39, 0.29) is 33.2 Å². The van der Waals surface area contributed by atoms with Crippen LogP contribution in [0.5, 0.6) is 11.5 Å². The summed E-state index contributed by atoms with van der Waals surface area (Å²) in [4.78, 5) is 12.7. The summed E-state index contributed by atoms with van der Waals surface area (Å²) in [6, 6.07) is 3.31. The predicted molar refractivity (Wildman–Crippen MR) is 97.8 cm³/mol. The van der Waals surface area contributed by atoms with E-state index in [1.807, 2.05) is 6.07 Å². The lowest BCUT2D eigenvalue weighted by Crippen LogP contribution is -2.63. The number of hydrogen-bond donors (Lipinski definition) is 2. The fraction of sp³-hybridized carbons (Fsp3) is 0.682. The van der Waals surface area contributed by atoms with E-state index in [9.17, 15) is 15.0 Å². The van der Waals surface area contributed by atoms with Gasteiger partial charge in [0.2, 0.25) is 0 Å². The molecule has 2 saturated carbocycles. The van der Waals surface area contributed by atoms with Gasteiger partial charge in [-0.2, -0.15) is 0 Å². The number of carbonyl (C=O) groups is 1. The van der Waals surface area contributed by atoms with Crippen molar-refractivity contribution in [3.63, 3.8) is 0 Å². The highest BCUT2D eigenvalue weighted by molar-refractivity contribution is 5.86. The Hall–Kier alpha value is -1.51. The molecule has 136 valence electrons. The third-order valence-electron chi connectivity index (χ3n) is 9.07. The van der Waals surface area contributed by atoms with Gasteiger partial charge in [0, 0.05) is 28.9 Å². The Morgan fingerprint density at radius 1 is 1.00 bits per heavy atom. The Morgan fingerprint density at radius 3 is 2.36 bits per heavy atom. The second-order valence-electron chi connectivity index (χ2n) is 9.97. The van der Waals surface area contributed by atoms with Crippen molar-refractivity contribution in [2.45, 2.75) is 72.1 Å². The lowest BCUT2D eigenvalue weighted by molar-refractivity contribution is -0.181. The van der Waals surface area contributed by atoms with Gasteiger partial charge >= 0.3 is 0 Å². The molecule has 1 aromatic carbocycles. The Balaban J connectivity index is 1.89. The van der Waals surface area contributed by atoms with Crippen LogP contribution in [0.2, 0.25) is 0 Å². The first-order valence-corrected chi connectivity index (χ1v) is 9.56. The molecule has 4 rings (SSSR count). The summed E-state index contributed by atoms with van der Waals surface area (Å²) in [7, 11) is 0. The van der Waals surface area contributed by atoms with Crippen LogP contribution in [-0.2, 0) is 16.6 Å². The van der Waals surface area contributed by atoms with E-state index >= 15 is 0 Å². The van der Waals surface area contributed by atoms with E-state index in [1.165, 1.54) is 6.07 Å². The first-order valence-electron chi connectivity index (χ1n) is 9.56. The fourth-order valence-electron chi connectivity index (χ4n) is 6.99. The fourth-order valence-corrected chi connectivity index (χ4v) is 6.99. The lowest BCUT2D eigenvalue weighted by Gasteiger charge is -2.66. The summed E-state index contributed by atoms with van der Waals surface area (Å²) in [6.07, 6.45) is 4.43. The normalized spacial score (nSPS) is 41.8. The number of rotatable bonds is 0. The maximum absolute atomic E-state index is 12.7. The first kappa shape index (κ1) is 16.9. The number of hydrogen-bond acceptors (Lipinski definition) is 3. The highest BCUT2D eigenvalue weighted by Gasteiger charge is 2.68. The molecule has 25 heavy (non-hydrogen) atoms. The van der Waals surface area contributed by atoms with Gasteiger partial charge in [-0.1, -0.05) is 34.6 Å². The molecule has 0 saturated heterocycles. The molecule has 0 bridgehead atoms. The Morgan fingerprint density at radius 2 is 1.68 bits per heavy atom. The summed E-state index contributed by atoms with van der Waals surface area (Å²) < 4.78 is 0. The molecule has 3 nitrogen and oxygen atoms in total. The zero-order valence-electron chi connectivity index (χ0n) is 16.1. The molecular weight excluding hydrogens is 312 g/mol. The van der Waals surface area contributed by atoms with Gasteiger partial charge in [-0.15, -0.1) is 0 Å². The topological polar surface area (TPSA) is 57.5 Å². The number of aromatic hydroxyl groups is 2. The van der Waals surface area contributed by atoms with Gasteiger partial charge in [0.25, 0.3) is 0 Å². The average Bonchev–Trinajstić information content (AvgIpc) is 2.82. The van der Waals surface area contributed by atoms with Crippen LogP contribution in [0.4, 0.5) is 0 Å². The zero-order chi connectivity index (χ0) is 18.4. The number of benzene rings is 1. The van der Waals surface area contributed by atoms with Crippen LogP contribution in [0, 0.1) is 22.2 Å². The molecule has 0 amide bonds. The second kappa shape index (κ2) is 4.61. The number of Topliss-reactive ketones (excluding diaryl/α,β-unsaturated/α-hetero) is 1. The second-order valence-corrected chi connectivity index (χ2v) is 9.97. The van der Waals surface area contributed by atoms with Gasteiger partial charge < -0.3 is 10.2 Å². The Bertz CT molecular complexity index is 780. The van der Waals surface area contributed by atoms with Crippen LogP contribution in [0.3, 0.4) is 0 Å². The van der Waals surface area contributed by atoms with Crippen molar-refractivity contribution in [1.82, 2.24) is 0 Å². The van der Waals surface area contributed by atoms with E-state index in [2.05, 4.69) is 34.6 Å². The van der Waals surface area contributed by atoms with Crippen molar-refractivity contribution in [2.24, 2.45) is 22.2 Å². The Kier molecular flexibility index (Phi) is 3.12. The van der Waals surface area contributed by atoms with Gasteiger partial charge in [0.05, 0.1) is 0 Å². The first-order chi connectivity index (χ1) is 11.5. The SMILES string of the molecule is CC1(C)C(=O)CC[C@@]2(C)[C@@H]3Cc4cc(O)cc(O)c4[C@@]3(C)CC[C@]12C. The highest BCUT2D eigenvalue weighted by atomic mass is 16.3. The van der Waals surface area contributed by atoms with Gasteiger partial charge in [-0.05, 0) is 54.1 Å². The van der Waals surface area contributed by atoms with Crippen LogP contribution in [0.25, 0.3) is 0 Å². The summed E-state index contributed by atoms with van der Waals surface area (Å²) in [5.74, 6) is 1.16. The summed E-state index contributed by atoms with van der Waals surface area (Å²) in [6.45, 7) is 11.3. The average molecular weight is 342 g/mol. The molecule has 0 aliphatic heterocycles. The minimum Gasteiger partial charge on any atom is -0.508 e. The quantitative estimate of drug-likeness (QED) is 0.717. The molecule has 0 unspecified atom stereocenters. The molecule has 3 heteroatoms. The predicted octanol–water partition coefficient (Wildman–Crippen LogP) is 4.72. The number of carbonyl (C=O) groups excluding carboxylic acids is 1. The molecule has 0 spiro atoms. The van der Waals surface area contributed by atoms with Gasteiger partial charge in [0.1, 0.15) is 17.3 Å². The van der Waals surface area contributed by atoms with Crippen molar-refractivity contribution in [3.8, 4) is 11.5 Å². The number of phenolic OH excluding ortho intramolecular Hbond substituents is 2. The Labute approximate surface area is 150 Å². The molecule has 3 aliphatic rings. The standard InChI is InChI=1S/C22H30O3/c1-19(2)17(25)6-7-21(4)16-11-13-10-14(23)12-15(24)18(13)20(16,3)8-9-22(19,21)5/h10,12,16,23-24H,6-9,11H2,1-5H3/t16-,20+,21+,22-/m1/s1. The largest absolute Gasteiger partial charge is 0.508 e. The van der Waals surface area contributed by atoms with Gasteiger partial charge in [-0.25, -0.2) is 0 Å². The van der Waals surface area contributed by atoms with Crippen molar-refractivity contribution in [3.05, 3.63) is 23.3 Å². The van der Waals surface area contributed by atoms with Crippen molar-refractivity contribution < 1.29 is 15.0 Å². The summed E-state index contributed by atoms with van der Waals surface area (Å²) in [5.41, 5.74) is 1.72. The third-order valence-corrected chi connectivity index (χ3v) is 9.07. The monoisotopic (exact) mass is 342 g/mol. The van der Waals surface area contributed by atoms with Crippen LogP contribution < -0.4 is 0 Å². The number of ketones is 1. The molecule has 1 aromatic rings. The van der Waals surface area contributed by atoms with Crippen LogP contribution in [0.15, 0.2) is 12.1 Å². The van der Waals surface area contributed by atoms with Gasteiger partial charge in [0.15, 0.2) is 0 Å². The number of fused-ring (bicyclic) bond motifs is 5. The molecule has 3 aliphatic carbocycles. The van der Waals surface area contributed by atoms with Crippen molar-refractivity contribution >= 4 is 5.78 Å². The van der Waals surface area contributed by atoms with E-state index in [4.69, 9.17) is 0 Å². The molecule has 0 aromatic heterocycles. The smallest absolute Gasteiger partial charge is 0.139 e. The number of phenols is 2. The zero-order valence-corrected chi connectivity index (χ0v) is 16.1. The maximum Gasteiger partial charge on any atom is 0.139 e. The molecule has 2 N–H and O–H groups in total. The molecule has 4 atom stereocenters. The van der Waals surface area contributed by atoms with Crippen LogP contribution in [0.1, 0.15) is 71.4 Å². The minimum absolute atomic E-state index is 0.0402. The minimum atomic E-state index is -0.319. The van der Waals surface area contributed by atoms with Crippen LogP contribution in [-0.4, -0.2) is 16.0 Å². The molecule has 0 heterocycles. The van der Waals surface area contributed by atoms with E-state index < -0.39 is 0 Å². The van der Waals surface area contributed by atoms with Crippen LogP contribution >= 0.6 is 0 Å². The maximum atomic E-state index is 12.7. The van der Waals surface area contributed by atoms with E-state index in [0.717, 1.165) is 36.8 Å². The molecule has 2 fully saturated rings. The summed E-state index contributed by atoms with van der Waals surface area (Å²) >= 11 is 0. The van der Waals surface area contributed by atoms with Gasteiger partial charge in [-0.3, -0.25) is 4.79 Å². The lowest BCUT2D eigenvalue weighted by atomic mass is 9.37. The summed E-state index contributed by atoms with van der Waals surface area (Å²) in [5, 5.41) is 20.5. The van der Waals surface area contributed by atoms with Crippen molar-refractivity contribution in [2.75, 3.05) is 0 Å². The molecule has 0 radical (unpaired) electrons. The van der Waals surface area contributed by atoms with Crippen molar-refractivity contribution in [1.29, 1.82) is 0 Å².